The average molecular weight is 480 g/mol. The summed E-state index contributed by atoms with van der Waals surface area (Å²) in [6, 6.07) is 0. The molecule has 0 aliphatic heterocycles. The van der Waals surface area contributed by atoms with E-state index in [9.17, 15) is 0 Å². The highest BCUT2D eigenvalue weighted by Crippen LogP contribution is 2.31. The molecule has 0 aromatic heterocycles. The molecule has 0 rings (SSSR count). The van der Waals surface area contributed by atoms with E-state index in [1.807, 2.05) is 0 Å². The van der Waals surface area contributed by atoms with E-state index in [1.54, 1.807) is 0 Å². The van der Waals surface area contributed by atoms with Crippen molar-refractivity contribution in [3.63, 3.8) is 0 Å². The minimum Gasteiger partial charge on any atom is -0.115 e. The topological polar surface area (TPSA) is 197 Å². The number of quaternary nitrogens is 6. The fourth-order valence-electron chi connectivity index (χ4n) is 1.43. The fourth-order valence-corrected chi connectivity index (χ4v) is 1.43. The molecule has 0 fully saturated rings. The van der Waals surface area contributed by atoms with Gasteiger partial charge < -0.3 is 0 Å². The zero-order valence-electron chi connectivity index (χ0n) is 19.1. The van der Waals surface area contributed by atoms with E-state index in [2.05, 4.69) is 94.6 Å². The maximum atomic E-state index is 5.83. The van der Waals surface area contributed by atoms with Crippen LogP contribution in [0.25, 0.3) is 0 Å². The smallest absolute Gasteiger partial charge is 0.115 e. The molecule has 0 aliphatic carbocycles. The molecule has 0 saturated carbocycles. The third kappa shape index (κ3) is 8.04. The lowest BCUT2D eigenvalue weighted by molar-refractivity contribution is -1.71. The Kier molecular flexibility index (Phi) is 9.62. The van der Waals surface area contributed by atoms with E-state index in [-0.39, 0.29) is 0 Å². The zero-order valence-corrected chi connectivity index (χ0v) is 19.1. The predicted octanol–water partition coefficient (Wildman–Crippen LogP) is -1.69. The molecule has 0 spiro atoms. The normalized spacial score (nSPS) is 17.9. The van der Waals surface area contributed by atoms with Crippen LogP contribution in [0.4, 0.5) is 0 Å². The minimum absolute atomic E-state index is 1.13. The first kappa shape index (κ1) is 29.8. The molecule has 0 saturated heterocycles. The molecule has 33 heavy (non-hydrogen) atoms. The van der Waals surface area contributed by atoms with Crippen LogP contribution in [0.1, 0.15) is 0 Å². The lowest BCUT2D eigenvalue weighted by Crippen LogP contribution is -2.68. The molecule has 4 N–H and O–H groups in total. The molecule has 2 unspecified atom stereocenters. The number of nitrogens with two attached hydrogens (primary N) is 2. The SMILES string of the molecule is C=N[N+](C)(N)O[N+](N=C)(O[N+](C)(N)N=C)O[N+](N=C)(O[N+](C)(N=C)N=C)O[N+](C)(N=C)N=C. The first-order valence-corrected chi connectivity index (χ1v) is 8.26. The Morgan fingerprint density at radius 3 is 0.909 bits per heavy atom. The van der Waals surface area contributed by atoms with E-state index < -0.39 is 29.6 Å². The highest BCUT2D eigenvalue weighted by molar-refractivity contribution is 5.23. The number of hydroxylamine groups is 4. The lowest BCUT2D eigenvalue weighted by atomic mass is 11.3. The summed E-state index contributed by atoms with van der Waals surface area (Å²) in [5.74, 6) is 11.7. The van der Waals surface area contributed by atoms with Crippen molar-refractivity contribution in [2.45, 2.75) is 0 Å². The zero-order chi connectivity index (χ0) is 26.2. The number of rotatable bonds is 18. The maximum Gasteiger partial charge on any atom is 0.401 e. The van der Waals surface area contributed by atoms with Crippen molar-refractivity contribution >= 4 is 53.7 Å². The average Bonchev–Trinajstić information content (AvgIpc) is 2.78. The van der Waals surface area contributed by atoms with Crippen LogP contribution in [-0.2, 0) is 24.7 Å². The summed E-state index contributed by atoms with van der Waals surface area (Å²) in [5, 5.41) is 24.8. The van der Waals surface area contributed by atoms with Gasteiger partial charge in [-0.3, -0.25) is 0 Å². The summed E-state index contributed by atoms with van der Waals surface area (Å²) in [7, 11) is 4.84. The second kappa shape index (κ2) is 10.6. The highest BCUT2D eigenvalue weighted by atomic mass is 17.5. The van der Waals surface area contributed by atoms with Gasteiger partial charge in [0.15, 0.2) is 47.9 Å². The Morgan fingerprint density at radius 1 is 0.424 bits per heavy atom. The summed E-state index contributed by atoms with van der Waals surface area (Å²) in [5.41, 5.74) is 0. The molecule has 0 aromatic rings. The minimum atomic E-state index is -1.94. The molecule has 0 aliphatic rings. The monoisotopic (exact) mass is 480 g/mol. The van der Waals surface area contributed by atoms with Gasteiger partial charge in [0.05, 0.1) is 63.5 Å². The van der Waals surface area contributed by atoms with Gasteiger partial charge in [0.2, 0.25) is 4.94 Å². The largest absolute Gasteiger partial charge is 0.401 e. The van der Waals surface area contributed by atoms with Gasteiger partial charge in [-0.1, -0.05) is 0 Å². The summed E-state index contributed by atoms with van der Waals surface area (Å²) < 4.78 is 0. The molecular weight excluding hydrogens is 448 g/mol. The summed E-state index contributed by atoms with van der Waals surface area (Å²) >= 11 is 0. The maximum absolute atomic E-state index is 5.83. The van der Waals surface area contributed by atoms with Crippen LogP contribution in [-0.4, -0.2) is 112 Å². The van der Waals surface area contributed by atoms with Gasteiger partial charge >= 0.3 is 10.2 Å². The van der Waals surface area contributed by atoms with E-state index >= 15 is 0 Å². The van der Waals surface area contributed by atoms with Gasteiger partial charge in [-0.25, -0.2) is 0 Å². The Hall–Kier alpha value is -3.16. The van der Waals surface area contributed by atoms with Crippen LogP contribution in [0, 0.1) is 0 Å². The van der Waals surface area contributed by atoms with E-state index in [0.29, 0.717) is 0 Å². The molecule has 21 heteroatoms. The van der Waals surface area contributed by atoms with Gasteiger partial charge in [0.1, 0.15) is 9.73 Å². The molecule has 184 valence electrons. The van der Waals surface area contributed by atoms with Gasteiger partial charge in [0.25, 0.3) is 0 Å². The summed E-state index contributed by atoms with van der Waals surface area (Å²) in [4.78, 5) is 22.7. The quantitative estimate of drug-likeness (QED) is 0.101. The van der Waals surface area contributed by atoms with E-state index in [0.717, 1.165) is 0 Å². The first-order valence-electron chi connectivity index (χ1n) is 8.26. The second-order valence-corrected chi connectivity index (χ2v) is 6.03. The lowest BCUT2D eigenvalue weighted by Gasteiger charge is -2.27. The fraction of sp³-hybridized carbons (Fsp3) is 0.333. The van der Waals surface area contributed by atoms with Crippen molar-refractivity contribution < 1.29 is 54.3 Å². The molecule has 21 nitrogen and oxygen atoms in total. The first-order chi connectivity index (χ1) is 15.0. The molecule has 0 radical (unpaired) electrons. The van der Waals surface area contributed by atoms with Crippen molar-refractivity contribution in [2.24, 2.45) is 52.5 Å². The van der Waals surface area contributed by atoms with Gasteiger partial charge in [-0.05, 0) is 30.6 Å². The molecule has 0 heterocycles. The molecule has 2 atom stereocenters. The van der Waals surface area contributed by atoms with Crippen LogP contribution < -0.4 is 11.7 Å². The van der Waals surface area contributed by atoms with E-state index in [1.165, 1.54) is 28.2 Å². The Bertz CT molecular complexity index is 733. The standard InChI is InChI=1S/C12H32N16O5/c1-15-23(9,13)29-27(21-7,30-24(10,14)16-2)33-28(22-8,31-25(11,17-3)18-4)32-26(12,19-5)20-6/h1-8,13-14H2,9-12H3/q+6. The molecule has 0 amide bonds. The van der Waals surface area contributed by atoms with Crippen LogP contribution in [0.3, 0.4) is 0 Å². The summed E-state index contributed by atoms with van der Waals surface area (Å²) in [6.45, 7) is 26.5. The second-order valence-electron chi connectivity index (χ2n) is 6.03. The molecule has 0 bridgehead atoms. The Balaban J connectivity index is 7.00. The van der Waals surface area contributed by atoms with Gasteiger partial charge in [-0.15, -0.1) is 11.7 Å². The van der Waals surface area contributed by atoms with Crippen LogP contribution >= 0.6 is 0 Å². The van der Waals surface area contributed by atoms with Gasteiger partial charge in [0, 0.05) is 10.2 Å². The molecule has 0 aromatic carbocycles. The van der Waals surface area contributed by atoms with Crippen molar-refractivity contribution in [1.29, 1.82) is 0 Å². The molecular formula is C12H32N16O5+6. The predicted molar refractivity (Wildman–Crippen MR) is 115 cm³/mol. The third-order valence-electron chi connectivity index (χ3n) is 3.22. The van der Waals surface area contributed by atoms with Gasteiger partial charge in [-0.2, -0.15) is 0 Å². The van der Waals surface area contributed by atoms with Crippen molar-refractivity contribution in [3.05, 3.63) is 0 Å². The van der Waals surface area contributed by atoms with Crippen LogP contribution in [0.5, 0.6) is 0 Å². The van der Waals surface area contributed by atoms with Crippen molar-refractivity contribution in [2.75, 3.05) is 28.2 Å². The Morgan fingerprint density at radius 2 is 0.697 bits per heavy atom. The Labute approximate surface area is 189 Å². The van der Waals surface area contributed by atoms with E-state index in [4.69, 9.17) is 36.4 Å². The number of nitrogens with zero attached hydrogens (tertiary/aromatic N) is 14. The third-order valence-corrected chi connectivity index (χ3v) is 3.22. The van der Waals surface area contributed by atoms with Crippen LogP contribution in [0.2, 0.25) is 0 Å². The number of hydrogen-bond donors (Lipinski definition) is 2. The van der Waals surface area contributed by atoms with Crippen LogP contribution in [0.15, 0.2) is 40.8 Å². The van der Waals surface area contributed by atoms with Crippen molar-refractivity contribution in [3.8, 4) is 0 Å². The summed E-state index contributed by atoms with van der Waals surface area (Å²) in [6.07, 6.45) is 0. The number of hydrogen-bond acceptors (Lipinski definition) is 15. The van der Waals surface area contributed by atoms with Crippen molar-refractivity contribution in [1.82, 2.24) is 0 Å². The highest BCUT2D eigenvalue weighted by Gasteiger charge is 2.71.